The second-order valence-electron chi connectivity index (χ2n) is 17.5. The van der Waals surface area contributed by atoms with E-state index in [1.165, 1.54) is 50.5 Å². The van der Waals surface area contributed by atoms with E-state index in [9.17, 15) is 13.2 Å². The molecule has 0 radical (unpaired) electrons. The van der Waals surface area contributed by atoms with Crippen LogP contribution in [0.5, 0.6) is 0 Å². The molecule has 0 aromatic heterocycles. The number of nitrogens with zero attached hydrogens (tertiary/aromatic N) is 1. The molecule has 8 atom stereocenters. The van der Waals surface area contributed by atoms with Gasteiger partial charge in [0.2, 0.25) is 0 Å². The topological polar surface area (TPSA) is 66.5 Å². The van der Waals surface area contributed by atoms with Crippen LogP contribution in [0.3, 0.4) is 0 Å². The van der Waals surface area contributed by atoms with E-state index in [1.807, 2.05) is 0 Å². The number of hydrogen-bond acceptors (Lipinski definition) is 5. The van der Waals surface area contributed by atoms with E-state index >= 15 is 0 Å². The molecule has 1 N–H and O–H groups in total. The molecule has 1 aliphatic heterocycles. The zero-order chi connectivity index (χ0) is 30.5. The van der Waals surface area contributed by atoms with E-state index in [1.54, 1.807) is 0 Å². The highest BCUT2D eigenvalue weighted by Gasteiger charge is 2.69. The van der Waals surface area contributed by atoms with Gasteiger partial charge in [-0.1, -0.05) is 55.4 Å². The summed E-state index contributed by atoms with van der Waals surface area (Å²) in [4.78, 5) is 16.1. The van der Waals surface area contributed by atoms with Crippen molar-refractivity contribution in [3.05, 3.63) is 11.1 Å². The fourth-order valence-electron chi connectivity index (χ4n) is 12.4. The number of sulfone groups is 1. The van der Waals surface area contributed by atoms with Gasteiger partial charge in [0.05, 0.1) is 11.5 Å². The van der Waals surface area contributed by atoms with E-state index in [0.717, 1.165) is 42.8 Å². The molecular weight excluding hydrogens is 540 g/mol. The van der Waals surface area contributed by atoms with Crippen LogP contribution >= 0.6 is 0 Å². The van der Waals surface area contributed by atoms with Crippen LogP contribution < -0.4 is 5.32 Å². The average molecular weight is 601 g/mol. The predicted octanol–water partition coefficient (Wildman–Crippen LogP) is 6.68. The second-order valence-corrected chi connectivity index (χ2v) is 19.8. The summed E-state index contributed by atoms with van der Waals surface area (Å²) in [6.45, 7) is 23.1. The van der Waals surface area contributed by atoms with Crippen LogP contribution in [0.25, 0.3) is 0 Å². The number of fused-ring (bicyclic) bond motifs is 7. The Kier molecular flexibility index (Phi) is 7.55. The molecule has 0 aromatic carbocycles. The zero-order valence-corrected chi connectivity index (χ0v) is 28.9. The summed E-state index contributed by atoms with van der Waals surface area (Å²) in [6.07, 6.45) is 10.8. The van der Waals surface area contributed by atoms with Crippen LogP contribution in [-0.2, 0) is 14.6 Å². The van der Waals surface area contributed by atoms with Crippen molar-refractivity contribution in [2.45, 2.75) is 119 Å². The van der Waals surface area contributed by atoms with E-state index in [2.05, 4.69) is 65.6 Å². The zero-order valence-electron chi connectivity index (χ0n) is 28.1. The Balaban J connectivity index is 1.30. The molecule has 0 spiro atoms. The molecule has 4 saturated carbocycles. The first-order valence-corrected chi connectivity index (χ1v) is 19.3. The molecule has 1 saturated heterocycles. The summed E-state index contributed by atoms with van der Waals surface area (Å²) in [6, 6.07) is 0. The van der Waals surface area contributed by atoms with Crippen molar-refractivity contribution in [2.75, 3.05) is 37.7 Å². The third kappa shape index (κ3) is 4.41. The van der Waals surface area contributed by atoms with Gasteiger partial charge in [-0.2, -0.15) is 0 Å². The van der Waals surface area contributed by atoms with Gasteiger partial charge in [-0.15, -0.1) is 0 Å². The molecule has 1 unspecified atom stereocenters. The fraction of sp³-hybridized carbons (Fsp3) is 0.917. The molecular formula is C36H60N2O3S. The number of hydrogen-bond donors (Lipinski definition) is 1. The first-order valence-electron chi connectivity index (χ1n) is 17.5. The maximum Gasteiger partial charge on any atom is 0.161 e. The highest BCUT2D eigenvalue weighted by atomic mass is 32.2. The number of Topliss-reactive ketones (excluding diaryl/α,β-unsaturated/α-hetero) is 1. The van der Waals surface area contributed by atoms with E-state index in [4.69, 9.17) is 0 Å². The number of allylic oxidation sites excluding steroid dienone is 1. The van der Waals surface area contributed by atoms with Crippen LogP contribution in [0.15, 0.2) is 11.1 Å². The van der Waals surface area contributed by atoms with Gasteiger partial charge in [0.15, 0.2) is 15.6 Å². The van der Waals surface area contributed by atoms with Gasteiger partial charge in [-0.3, -0.25) is 4.79 Å². The molecule has 5 nitrogen and oxygen atoms in total. The van der Waals surface area contributed by atoms with Crippen molar-refractivity contribution in [1.29, 1.82) is 0 Å². The van der Waals surface area contributed by atoms with Crippen molar-refractivity contribution in [3.63, 3.8) is 0 Å². The lowest BCUT2D eigenvalue weighted by Gasteiger charge is -2.72. The van der Waals surface area contributed by atoms with Gasteiger partial charge in [-0.05, 0) is 114 Å². The summed E-state index contributed by atoms with van der Waals surface area (Å²) in [5, 5.41) is 4.01. The molecule has 6 aliphatic rings. The first-order chi connectivity index (χ1) is 19.5. The van der Waals surface area contributed by atoms with Gasteiger partial charge in [-0.25, -0.2) is 8.42 Å². The molecule has 6 heteroatoms. The lowest BCUT2D eigenvalue weighted by atomic mass is 9.33. The molecule has 1 heterocycles. The highest BCUT2D eigenvalue weighted by molar-refractivity contribution is 7.91. The van der Waals surface area contributed by atoms with Crippen LogP contribution in [-0.4, -0.2) is 62.3 Å². The lowest BCUT2D eigenvalue weighted by molar-refractivity contribution is -0.218. The molecule has 6 rings (SSSR count). The molecule has 5 aliphatic carbocycles. The molecule has 0 bridgehead atoms. The van der Waals surface area contributed by atoms with Gasteiger partial charge in [0.1, 0.15) is 0 Å². The quantitative estimate of drug-likeness (QED) is 0.382. The van der Waals surface area contributed by atoms with E-state index in [0.29, 0.717) is 47.5 Å². The van der Waals surface area contributed by atoms with Crippen molar-refractivity contribution in [1.82, 2.24) is 10.2 Å². The van der Waals surface area contributed by atoms with E-state index in [-0.39, 0.29) is 28.4 Å². The molecule has 0 aromatic rings. The van der Waals surface area contributed by atoms with Crippen molar-refractivity contribution < 1.29 is 13.2 Å². The van der Waals surface area contributed by atoms with Crippen LogP contribution in [0.1, 0.15) is 113 Å². The van der Waals surface area contributed by atoms with Crippen molar-refractivity contribution >= 4 is 15.6 Å². The van der Waals surface area contributed by atoms with Crippen molar-refractivity contribution in [2.24, 2.45) is 51.2 Å². The minimum atomic E-state index is -2.87. The van der Waals surface area contributed by atoms with Crippen LogP contribution in [0.4, 0.5) is 0 Å². The Morgan fingerprint density at radius 1 is 0.881 bits per heavy atom. The SMILES string of the molecule is CC(C)C1=C2[C@H]3CC[C@@H]4[C@@]5(C)CCC(C)C(C)(C)[C@@H]5CC[C@@]4(C)[C@]3(C)CC[C@@]2(NCCN2CCS(=O)(=O)CC2)CC1=O. The van der Waals surface area contributed by atoms with Gasteiger partial charge in [0.25, 0.3) is 0 Å². The third-order valence-electron chi connectivity index (χ3n) is 15.3. The third-order valence-corrected chi connectivity index (χ3v) is 16.9. The van der Waals surface area contributed by atoms with E-state index < -0.39 is 9.84 Å². The summed E-state index contributed by atoms with van der Waals surface area (Å²) in [5.41, 5.74) is 3.76. The monoisotopic (exact) mass is 600 g/mol. The summed E-state index contributed by atoms with van der Waals surface area (Å²) in [7, 11) is -2.87. The Hall–Kier alpha value is -0.720. The lowest BCUT2D eigenvalue weighted by Crippen LogP contribution is -2.66. The Labute approximate surface area is 257 Å². The number of nitrogens with one attached hydrogen (secondary N) is 1. The summed E-state index contributed by atoms with van der Waals surface area (Å²) in [5.74, 6) is 4.01. The Morgan fingerprint density at radius 2 is 1.57 bits per heavy atom. The predicted molar refractivity (Wildman–Crippen MR) is 172 cm³/mol. The minimum Gasteiger partial charge on any atom is -0.306 e. The van der Waals surface area contributed by atoms with Gasteiger partial charge in [0, 0.05) is 38.1 Å². The minimum absolute atomic E-state index is 0.212. The Morgan fingerprint density at radius 3 is 2.24 bits per heavy atom. The standard InChI is InChI=1S/C36H60N2O3S/c1-24(2)30-27(39)23-36(37-17-18-38-19-21-42(40,41)22-20-38)16-15-34(7)26(31(30)36)9-10-29-33(6)13-11-25(3)32(4,5)28(33)12-14-35(29,34)8/h24-26,28-29,37H,9-23H2,1-8H3/t25?,26-,28+,29-,33+,34-,35-,36-/m1/s1. The largest absolute Gasteiger partial charge is 0.306 e. The number of carbonyl (C=O) groups excluding carboxylic acids is 1. The van der Waals surface area contributed by atoms with Crippen LogP contribution in [0, 0.1) is 51.2 Å². The molecule has 5 fully saturated rings. The molecule has 0 amide bonds. The number of ketones is 1. The average Bonchev–Trinajstić information content (AvgIpc) is 3.20. The fourth-order valence-corrected chi connectivity index (χ4v) is 13.7. The first kappa shape index (κ1) is 31.3. The second kappa shape index (κ2) is 10.1. The van der Waals surface area contributed by atoms with Crippen LogP contribution in [0.2, 0.25) is 0 Å². The smallest absolute Gasteiger partial charge is 0.161 e. The normalized spacial score (nSPS) is 46.6. The maximum absolute atomic E-state index is 13.8. The van der Waals surface area contributed by atoms with Crippen molar-refractivity contribution in [3.8, 4) is 0 Å². The van der Waals surface area contributed by atoms with Gasteiger partial charge >= 0.3 is 0 Å². The molecule has 42 heavy (non-hydrogen) atoms. The van der Waals surface area contributed by atoms with Gasteiger partial charge < -0.3 is 10.2 Å². The number of carbonyl (C=O) groups is 1. The summed E-state index contributed by atoms with van der Waals surface area (Å²) < 4.78 is 23.9. The Bertz CT molecular complexity index is 1240. The number of rotatable bonds is 5. The maximum atomic E-state index is 13.8. The molecule has 238 valence electrons. The summed E-state index contributed by atoms with van der Waals surface area (Å²) >= 11 is 0. The highest BCUT2D eigenvalue weighted by Crippen LogP contribution is 2.76.